The maximum absolute atomic E-state index is 13.9. The summed E-state index contributed by atoms with van der Waals surface area (Å²) in [6.07, 6.45) is -0.820. The molecule has 0 spiro atoms. The highest BCUT2D eigenvalue weighted by atomic mass is 19.1. The summed E-state index contributed by atoms with van der Waals surface area (Å²) in [6.45, 7) is 5.04. The third kappa shape index (κ3) is 5.13. The van der Waals surface area contributed by atoms with Gasteiger partial charge in [-0.3, -0.25) is 14.9 Å². The number of amides is 2. The molecule has 138 valence electrons. The van der Waals surface area contributed by atoms with Gasteiger partial charge < -0.3 is 10.1 Å². The zero-order valence-electron chi connectivity index (χ0n) is 14.8. The smallest absolute Gasteiger partial charge is 0.412 e. The van der Waals surface area contributed by atoms with E-state index in [1.807, 2.05) is 0 Å². The topological polar surface area (TPSA) is 102 Å². The molecule has 0 fully saturated rings. The van der Waals surface area contributed by atoms with Gasteiger partial charge in [-0.1, -0.05) is 0 Å². The Morgan fingerprint density at radius 1 is 1.15 bits per heavy atom. The number of nitrogens with one attached hydrogen (secondary N) is 2. The van der Waals surface area contributed by atoms with Crippen LogP contribution < -0.4 is 16.2 Å². The average Bonchev–Trinajstić information content (AvgIpc) is 2.51. The number of rotatable bonds is 3. The first-order valence-electron chi connectivity index (χ1n) is 7.70. The maximum atomic E-state index is 13.9. The van der Waals surface area contributed by atoms with Gasteiger partial charge in [0.15, 0.2) is 0 Å². The molecule has 0 aliphatic heterocycles. The second-order valence-electron chi connectivity index (χ2n) is 6.46. The molecule has 0 saturated carbocycles. The molecule has 2 N–H and O–H groups in total. The van der Waals surface area contributed by atoms with Crippen molar-refractivity contribution in [1.82, 2.24) is 9.78 Å². The van der Waals surface area contributed by atoms with Crippen molar-refractivity contribution in [3.63, 3.8) is 0 Å². The largest absolute Gasteiger partial charge is 0.444 e. The highest BCUT2D eigenvalue weighted by Gasteiger charge is 2.18. The lowest BCUT2D eigenvalue weighted by molar-refractivity contribution is 0.0635. The summed E-state index contributed by atoms with van der Waals surface area (Å²) in [5.74, 6) is -1.27. The molecule has 0 saturated heterocycles. The van der Waals surface area contributed by atoms with Gasteiger partial charge in [-0.15, -0.1) is 0 Å². The number of nitrogens with zero attached hydrogens (tertiary/aromatic N) is 2. The van der Waals surface area contributed by atoms with Gasteiger partial charge in [-0.25, -0.2) is 13.9 Å². The fraction of sp³-hybridized carbons (Fsp3) is 0.294. The van der Waals surface area contributed by atoms with E-state index < -0.39 is 23.4 Å². The molecule has 2 aromatic rings. The lowest BCUT2D eigenvalue weighted by Gasteiger charge is -2.20. The van der Waals surface area contributed by atoms with Gasteiger partial charge in [0.2, 0.25) is 0 Å². The van der Waals surface area contributed by atoms with Crippen LogP contribution in [0.5, 0.6) is 0 Å². The molecule has 1 aromatic carbocycles. The van der Waals surface area contributed by atoms with Gasteiger partial charge >= 0.3 is 6.09 Å². The Hall–Kier alpha value is -3.23. The molecule has 2 rings (SSSR count). The Morgan fingerprint density at radius 2 is 1.85 bits per heavy atom. The van der Waals surface area contributed by atoms with E-state index in [1.165, 1.54) is 31.3 Å². The van der Waals surface area contributed by atoms with Crippen LogP contribution >= 0.6 is 0 Å². The van der Waals surface area contributed by atoms with E-state index in [-0.39, 0.29) is 22.6 Å². The van der Waals surface area contributed by atoms with Crippen molar-refractivity contribution in [1.29, 1.82) is 0 Å². The summed E-state index contributed by atoms with van der Waals surface area (Å²) >= 11 is 0. The number of carbonyl (C=O) groups is 2. The second-order valence-corrected chi connectivity index (χ2v) is 6.46. The van der Waals surface area contributed by atoms with E-state index in [2.05, 4.69) is 15.7 Å². The molecule has 0 aliphatic rings. The lowest BCUT2D eigenvalue weighted by Crippen LogP contribution is -2.27. The number of aromatic nitrogens is 2. The summed E-state index contributed by atoms with van der Waals surface area (Å²) < 4.78 is 20.0. The van der Waals surface area contributed by atoms with E-state index in [1.54, 1.807) is 20.8 Å². The van der Waals surface area contributed by atoms with Crippen molar-refractivity contribution < 1.29 is 18.7 Å². The quantitative estimate of drug-likeness (QED) is 0.873. The maximum Gasteiger partial charge on any atom is 0.412 e. The number of carbonyl (C=O) groups excluding carboxylic acids is 2. The van der Waals surface area contributed by atoms with Crippen LogP contribution in [0.15, 0.2) is 35.1 Å². The molecule has 0 unspecified atom stereocenters. The van der Waals surface area contributed by atoms with Gasteiger partial charge in [-0.2, -0.15) is 5.10 Å². The Labute approximate surface area is 149 Å². The van der Waals surface area contributed by atoms with Crippen molar-refractivity contribution in [2.75, 3.05) is 10.6 Å². The van der Waals surface area contributed by atoms with Crippen molar-refractivity contribution in [2.24, 2.45) is 7.05 Å². The van der Waals surface area contributed by atoms with Crippen LogP contribution in [0.25, 0.3) is 0 Å². The molecule has 1 heterocycles. The Balaban J connectivity index is 2.15. The van der Waals surface area contributed by atoms with E-state index >= 15 is 0 Å². The van der Waals surface area contributed by atoms with Crippen LogP contribution in [-0.4, -0.2) is 27.4 Å². The zero-order chi connectivity index (χ0) is 19.5. The number of ether oxygens (including phenoxy) is 1. The number of anilines is 2. The normalized spacial score (nSPS) is 11.0. The fourth-order valence-electron chi connectivity index (χ4n) is 1.93. The highest BCUT2D eigenvalue weighted by molar-refractivity contribution is 6.03. The SMILES string of the molecule is Cn1nc(C(=O)Nc2ccc(F)c(NC(=O)OC(C)(C)C)c2)ccc1=O. The number of hydrogen-bond acceptors (Lipinski definition) is 5. The van der Waals surface area contributed by atoms with Gasteiger partial charge in [0.05, 0.1) is 5.69 Å². The van der Waals surface area contributed by atoms with E-state index in [0.29, 0.717) is 0 Å². The van der Waals surface area contributed by atoms with Crippen LogP contribution in [0, 0.1) is 5.82 Å². The second kappa shape index (κ2) is 7.34. The van der Waals surface area contributed by atoms with Crippen molar-refractivity contribution in [2.45, 2.75) is 26.4 Å². The Kier molecular flexibility index (Phi) is 5.39. The molecular formula is C17H19FN4O4. The molecule has 0 atom stereocenters. The van der Waals surface area contributed by atoms with Crippen LogP contribution in [0.4, 0.5) is 20.6 Å². The van der Waals surface area contributed by atoms with E-state index in [4.69, 9.17) is 4.74 Å². The minimum atomic E-state index is -0.820. The van der Waals surface area contributed by atoms with Gasteiger partial charge in [0, 0.05) is 18.8 Å². The first kappa shape index (κ1) is 19.1. The molecule has 9 heteroatoms. The number of benzene rings is 1. The average molecular weight is 362 g/mol. The first-order chi connectivity index (χ1) is 12.0. The lowest BCUT2D eigenvalue weighted by atomic mass is 10.2. The molecule has 0 aliphatic carbocycles. The molecular weight excluding hydrogens is 343 g/mol. The van der Waals surface area contributed by atoms with Gasteiger partial charge in [-0.05, 0) is 45.0 Å². The van der Waals surface area contributed by atoms with Crippen LogP contribution in [0.2, 0.25) is 0 Å². The van der Waals surface area contributed by atoms with E-state index in [9.17, 15) is 18.8 Å². The van der Waals surface area contributed by atoms with Crippen molar-refractivity contribution >= 4 is 23.4 Å². The van der Waals surface area contributed by atoms with Gasteiger partial charge in [0.25, 0.3) is 11.5 Å². The third-order valence-corrected chi connectivity index (χ3v) is 3.05. The summed E-state index contributed by atoms with van der Waals surface area (Å²) in [5, 5.41) is 8.63. The fourth-order valence-corrected chi connectivity index (χ4v) is 1.93. The summed E-state index contributed by atoms with van der Waals surface area (Å²) in [6, 6.07) is 6.16. The molecule has 26 heavy (non-hydrogen) atoms. The minimum absolute atomic E-state index is 0.0121. The standard InChI is InChI=1S/C17H19FN4O4/c1-17(2,3)26-16(25)20-13-9-10(5-6-11(13)18)19-15(24)12-7-8-14(23)22(4)21-12/h5-9H,1-4H3,(H,19,24)(H,20,25). The molecule has 1 aromatic heterocycles. The van der Waals surface area contributed by atoms with Crippen LogP contribution in [0.3, 0.4) is 0 Å². The summed E-state index contributed by atoms with van der Waals surface area (Å²) in [4.78, 5) is 35.3. The number of halogens is 1. The van der Waals surface area contributed by atoms with Crippen molar-refractivity contribution in [3.8, 4) is 0 Å². The third-order valence-electron chi connectivity index (χ3n) is 3.05. The van der Waals surface area contributed by atoms with E-state index in [0.717, 1.165) is 10.7 Å². The van der Waals surface area contributed by atoms with Crippen LogP contribution in [0.1, 0.15) is 31.3 Å². The van der Waals surface area contributed by atoms with Crippen molar-refractivity contribution in [3.05, 3.63) is 52.2 Å². The molecule has 0 bridgehead atoms. The van der Waals surface area contributed by atoms with Gasteiger partial charge in [0.1, 0.15) is 17.1 Å². The molecule has 8 nitrogen and oxygen atoms in total. The zero-order valence-corrected chi connectivity index (χ0v) is 14.8. The van der Waals surface area contributed by atoms with Crippen LogP contribution in [-0.2, 0) is 11.8 Å². The predicted octanol–water partition coefficient (Wildman–Crippen LogP) is 2.52. The summed E-state index contributed by atoms with van der Waals surface area (Å²) in [7, 11) is 1.42. The monoisotopic (exact) mass is 362 g/mol. The highest BCUT2D eigenvalue weighted by Crippen LogP contribution is 2.21. The molecule has 2 amide bonds. The predicted molar refractivity (Wildman–Crippen MR) is 93.7 cm³/mol. The number of hydrogen-bond donors (Lipinski definition) is 2. The Morgan fingerprint density at radius 3 is 2.46 bits per heavy atom. The first-order valence-corrected chi connectivity index (χ1v) is 7.70. The summed E-state index contributed by atoms with van der Waals surface area (Å²) in [5.41, 5.74) is -0.991. The Bertz CT molecular complexity index is 902. The number of aryl methyl sites for hydroxylation is 1. The molecule has 0 radical (unpaired) electrons. The minimum Gasteiger partial charge on any atom is -0.444 e.